The number of sulfonamides is 1. The van der Waals surface area contributed by atoms with E-state index < -0.39 is 22.5 Å². The summed E-state index contributed by atoms with van der Waals surface area (Å²) in [6, 6.07) is 11.1. The molecule has 0 heterocycles. The van der Waals surface area contributed by atoms with Crippen molar-refractivity contribution in [1.82, 2.24) is 0 Å². The molecule has 128 valence electrons. The summed E-state index contributed by atoms with van der Waals surface area (Å²) in [4.78, 5) is 11.1. The average molecular weight is 348 g/mol. The predicted octanol–water partition coefficient (Wildman–Crippen LogP) is 1.26. The lowest BCUT2D eigenvalue weighted by Gasteiger charge is -2.26. The van der Waals surface area contributed by atoms with Gasteiger partial charge in [0.2, 0.25) is 0 Å². The lowest BCUT2D eigenvalue weighted by molar-refractivity contribution is -0.303. The average Bonchev–Trinajstić information content (AvgIpc) is 2.52. The molecule has 0 fully saturated rings. The molecule has 2 aromatic carbocycles. The number of methoxy groups -OCH3 is 1. The third-order valence-corrected chi connectivity index (χ3v) is 5.26. The molecule has 0 aliphatic heterocycles. The summed E-state index contributed by atoms with van der Waals surface area (Å²) in [5.41, 5.74) is 1.82. The van der Waals surface area contributed by atoms with Crippen LogP contribution in [0.4, 0.5) is 5.69 Å². The molecule has 0 unspecified atom stereocenters. The standard InChI is InChI=1S/C17H19NO5S/c1-12-4-7-14(8-5-12)24(21,22)18(11-17(19)20)15-10-13(2)6-9-16(15)23-3/h4-10H,11H2,1-3H3,(H,19,20)/p-1. The highest BCUT2D eigenvalue weighted by atomic mass is 32.2. The van der Waals surface area contributed by atoms with E-state index in [9.17, 15) is 18.3 Å². The quantitative estimate of drug-likeness (QED) is 0.784. The van der Waals surface area contributed by atoms with Crippen LogP contribution in [0.5, 0.6) is 5.75 Å². The second-order valence-electron chi connectivity index (χ2n) is 5.37. The number of benzene rings is 2. The highest BCUT2D eigenvalue weighted by Gasteiger charge is 2.27. The van der Waals surface area contributed by atoms with E-state index in [1.807, 2.05) is 6.92 Å². The number of hydrogen-bond donors (Lipinski definition) is 0. The second-order valence-corrected chi connectivity index (χ2v) is 7.23. The van der Waals surface area contributed by atoms with E-state index in [0.717, 1.165) is 15.4 Å². The van der Waals surface area contributed by atoms with E-state index in [1.54, 1.807) is 37.3 Å². The molecular weight excluding hydrogens is 330 g/mol. The molecule has 0 saturated heterocycles. The van der Waals surface area contributed by atoms with Crippen molar-refractivity contribution < 1.29 is 23.1 Å². The van der Waals surface area contributed by atoms with Crippen molar-refractivity contribution in [3.63, 3.8) is 0 Å². The Morgan fingerprint density at radius 3 is 2.21 bits per heavy atom. The number of carboxylic acids is 1. The Balaban J connectivity index is 2.63. The Hall–Kier alpha value is -2.54. The van der Waals surface area contributed by atoms with Crippen molar-refractivity contribution in [2.45, 2.75) is 18.7 Å². The molecule has 0 atom stereocenters. The van der Waals surface area contributed by atoms with Crippen LogP contribution in [0.2, 0.25) is 0 Å². The smallest absolute Gasteiger partial charge is 0.264 e. The number of rotatable bonds is 6. The normalized spacial score (nSPS) is 11.1. The van der Waals surface area contributed by atoms with Crippen LogP contribution >= 0.6 is 0 Å². The maximum atomic E-state index is 12.9. The number of aryl methyl sites for hydroxylation is 2. The minimum absolute atomic E-state index is 0.00194. The highest BCUT2D eigenvalue weighted by Crippen LogP contribution is 2.33. The fraction of sp³-hybridized carbons (Fsp3) is 0.235. The number of anilines is 1. The summed E-state index contributed by atoms with van der Waals surface area (Å²) in [6.45, 7) is 2.80. The summed E-state index contributed by atoms with van der Waals surface area (Å²) >= 11 is 0. The van der Waals surface area contributed by atoms with Crippen molar-refractivity contribution in [1.29, 1.82) is 0 Å². The van der Waals surface area contributed by atoms with Gasteiger partial charge in [0.25, 0.3) is 10.0 Å². The third kappa shape index (κ3) is 3.68. The van der Waals surface area contributed by atoms with Crippen molar-refractivity contribution >= 4 is 21.7 Å². The molecule has 6 nitrogen and oxygen atoms in total. The van der Waals surface area contributed by atoms with E-state index in [4.69, 9.17) is 4.74 Å². The van der Waals surface area contributed by atoms with Gasteiger partial charge >= 0.3 is 0 Å². The van der Waals surface area contributed by atoms with Gasteiger partial charge in [-0.25, -0.2) is 8.42 Å². The van der Waals surface area contributed by atoms with Gasteiger partial charge < -0.3 is 14.6 Å². The first-order valence-corrected chi connectivity index (χ1v) is 8.63. The summed E-state index contributed by atoms with van der Waals surface area (Å²) in [5, 5.41) is 11.1. The van der Waals surface area contributed by atoms with E-state index in [2.05, 4.69) is 0 Å². The Morgan fingerprint density at radius 1 is 1.08 bits per heavy atom. The van der Waals surface area contributed by atoms with Gasteiger partial charge in [-0.2, -0.15) is 0 Å². The van der Waals surface area contributed by atoms with E-state index in [0.29, 0.717) is 0 Å². The van der Waals surface area contributed by atoms with Crippen LogP contribution < -0.4 is 14.1 Å². The topological polar surface area (TPSA) is 86.7 Å². The van der Waals surface area contributed by atoms with Crippen molar-refractivity contribution in [3.05, 3.63) is 53.6 Å². The van der Waals surface area contributed by atoms with Crippen molar-refractivity contribution in [2.24, 2.45) is 0 Å². The van der Waals surface area contributed by atoms with Crippen LogP contribution in [0, 0.1) is 13.8 Å². The monoisotopic (exact) mass is 348 g/mol. The minimum Gasteiger partial charge on any atom is -0.548 e. The zero-order valence-corrected chi connectivity index (χ0v) is 14.5. The first-order valence-electron chi connectivity index (χ1n) is 7.19. The van der Waals surface area contributed by atoms with Gasteiger partial charge in [0.05, 0.1) is 30.2 Å². The third-order valence-electron chi connectivity index (χ3n) is 3.48. The van der Waals surface area contributed by atoms with Gasteiger partial charge in [-0.3, -0.25) is 4.31 Å². The van der Waals surface area contributed by atoms with Gasteiger partial charge in [0.15, 0.2) is 0 Å². The molecule has 2 aromatic rings. The van der Waals surface area contributed by atoms with Crippen LogP contribution in [0.1, 0.15) is 11.1 Å². The number of nitrogens with zero attached hydrogens (tertiary/aromatic N) is 1. The number of carboxylic acid groups (broad SMARTS) is 1. The Bertz CT molecular complexity index is 844. The molecule has 0 N–H and O–H groups in total. The zero-order valence-electron chi connectivity index (χ0n) is 13.6. The SMILES string of the molecule is COc1ccc(C)cc1N(CC(=O)[O-])S(=O)(=O)c1ccc(C)cc1. The fourth-order valence-corrected chi connectivity index (χ4v) is 3.66. The molecule has 24 heavy (non-hydrogen) atoms. The number of ether oxygens (including phenoxy) is 1. The molecule has 0 bridgehead atoms. The first kappa shape index (κ1) is 17.8. The van der Waals surface area contributed by atoms with Crippen LogP contribution in [-0.4, -0.2) is 28.0 Å². The Kier molecular flexibility index (Phi) is 5.14. The first-order chi connectivity index (χ1) is 11.3. The zero-order chi connectivity index (χ0) is 17.9. The molecule has 0 spiro atoms. The molecule has 7 heteroatoms. The van der Waals surface area contributed by atoms with Gasteiger partial charge in [0, 0.05) is 0 Å². The lowest BCUT2D eigenvalue weighted by atomic mass is 10.2. The second kappa shape index (κ2) is 6.92. The minimum atomic E-state index is -4.08. The van der Waals surface area contributed by atoms with Crippen molar-refractivity contribution in [3.8, 4) is 5.75 Å². The molecule has 0 aliphatic rings. The molecule has 0 aliphatic carbocycles. The van der Waals surface area contributed by atoms with Gasteiger partial charge in [-0.1, -0.05) is 23.8 Å². The molecular formula is C17H18NO5S-. The molecule has 2 rings (SSSR count). The van der Waals surface area contributed by atoms with Gasteiger partial charge in [-0.05, 0) is 43.7 Å². The van der Waals surface area contributed by atoms with Crippen molar-refractivity contribution in [2.75, 3.05) is 18.0 Å². The van der Waals surface area contributed by atoms with Gasteiger partial charge in [0.1, 0.15) is 5.75 Å². The highest BCUT2D eigenvalue weighted by molar-refractivity contribution is 7.92. The number of hydrogen-bond acceptors (Lipinski definition) is 5. The Labute approximate surface area is 141 Å². The summed E-state index contributed by atoms with van der Waals surface area (Å²) in [7, 11) is -2.69. The number of carbonyl (C=O) groups excluding carboxylic acids is 1. The Morgan fingerprint density at radius 2 is 1.67 bits per heavy atom. The molecule has 0 saturated carbocycles. The predicted molar refractivity (Wildman–Crippen MR) is 88.4 cm³/mol. The summed E-state index contributed by atoms with van der Waals surface area (Å²) in [5.74, 6) is -1.24. The lowest BCUT2D eigenvalue weighted by Crippen LogP contribution is -2.41. The van der Waals surface area contributed by atoms with Crippen LogP contribution in [0.3, 0.4) is 0 Å². The molecule has 0 amide bonds. The number of carbonyl (C=O) groups is 1. The van der Waals surface area contributed by atoms with E-state index in [1.165, 1.54) is 19.2 Å². The van der Waals surface area contributed by atoms with Crippen LogP contribution in [-0.2, 0) is 14.8 Å². The van der Waals surface area contributed by atoms with Gasteiger partial charge in [-0.15, -0.1) is 0 Å². The summed E-state index contributed by atoms with van der Waals surface area (Å²) in [6.07, 6.45) is 0. The largest absolute Gasteiger partial charge is 0.548 e. The van der Waals surface area contributed by atoms with Crippen LogP contribution in [0.15, 0.2) is 47.4 Å². The summed E-state index contributed by atoms with van der Waals surface area (Å²) < 4.78 is 31.9. The fourth-order valence-electron chi connectivity index (χ4n) is 2.25. The maximum Gasteiger partial charge on any atom is 0.264 e. The maximum absolute atomic E-state index is 12.9. The van der Waals surface area contributed by atoms with E-state index >= 15 is 0 Å². The molecule has 0 aromatic heterocycles. The van der Waals surface area contributed by atoms with Crippen LogP contribution in [0.25, 0.3) is 0 Å². The number of aliphatic carboxylic acids is 1. The van der Waals surface area contributed by atoms with E-state index in [-0.39, 0.29) is 16.3 Å². The molecule has 0 radical (unpaired) electrons.